The van der Waals surface area contributed by atoms with Crippen molar-refractivity contribution in [2.45, 2.75) is 57.2 Å². The lowest BCUT2D eigenvalue weighted by Crippen LogP contribution is -2.64. The van der Waals surface area contributed by atoms with Crippen molar-refractivity contribution in [1.82, 2.24) is 24.3 Å². The quantitative estimate of drug-likeness (QED) is 0.657. The van der Waals surface area contributed by atoms with E-state index in [4.69, 9.17) is 0 Å². The maximum Gasteiger partial charge on any atom is 0.407 e. The summed E-state index contributed by atoms with van der Waals surface area (Å²) >= 11 is 0. The van der Waals surface area contributed by atoms with Crippen LogP contribution in [-0.4, -0.2) is 84.9 Å². The molecule has 1 spiro atoms. The van der Waals surface area contributed by atoms with Crippen LogP contribution in [0.25, 0.3) is 0 Å². The molecule has 3 aliphatic rings. The van der Waals surface area contributed by atoms with Crippen LogP contribution in [0, 0.1) is 12.3 Å². The van der Waals surface area contributed by atoms with Gasteiger partial charge in [-0.15, -0.1) is 0 Å². The highest BCUT2D eigenvalue weighted by atomic mass is 16.4. The minimum atomic E-state index is -1.12. The number of piperidine rings is 1. The summed E-state index contributed by atoms with van der Waals surface area (Å²) in [6.07, 6.45) is 4.39. The van der Waals surface area contributed by atoms with E-state index in [-0.39, 0.29) is 37.3 Å². The van der Waals surface area contributed by atoms with Crippen LogP contribution < -0.4 is 5.56 Å². The van der Waals surface area contributed by atoms with Crippen molar-refractivity contribution >= 4 is 12.1 Å². The molecule has 2 saturated heterocycles. The number of rotatable bonds is 3. The molecule has 0 radical (unpaired) electrons. The van der Waals surface area contributed by atoms with Crippen molar-refractivity contribution in [3.63, 3.8) is 0 Å². The van der Waals surface area contributed by atoms with Gasteiger partial charge in [-0.3, -0.25) is 9.36 Å². The number of aryl methyl sites for hydroxylation is 1. The molecule has 2 aliphatic heterocycles. The smallest absolute Gasteiger partial charge is 0.407 e. The maximum atomic E-state index is 14.0. The van der Waals surface area contributed by atoms with Gasteiger partial charge in [0.05, 0.1) is 24.5 Å². The number of urea groups is 1. The van der Waals surface area contributed by atoms with E-state index in [1.807, 2.05) is 35.2 Å². The topological polar surface area (TPSA) is 119 Å². The molecule has 10 nitrogen and oxygen atoms in total. The molecule has 1 aliphatic carbocycles. The van der Waals surface area contributed by atoms with Crippen LogP contribution in [0.15, 0.2) is 47.5 Å². The Bertz CT molecular complexity index is 1210. The van der Waals surface area contributed by atoms with Gasteiger partial charge >= 0.3 is 12.1 Å². The van der Waals surface area contributed by atoms with Crippen molar-refractivity contribution in [2.24, 2.45) is 5.41 Å². The van der Waals surface area contributed by atoms with E-state index in [2.05, 4.69) is 4.98 Å². The molecule has 5 rings (SSSR count). The first kappa shape index (κ1) is 25.3. The fourth-order valence-corrected chi connectivity index (χ4v) is 6.51. The first-order valence-corrected chi connectivity index (χ1v) is 13.1. The molecular weight excluding hydrogens is 474 g/mol. The molecule has 198 valence electrons. The van der Waals surface area contributed by atoms with Gasteiger partial charge in [0.15, 0.2) is 0 Å². The molecule has 2 atom stereocenters. The average molecular weight is 510 g/mol. The molecule has 37 heavy (non-hydrogen) atoms. The molecule has 1 saturated carbocycles. The number of aliphatic hydroxyl groups is 1. The molecule has 2 aromatic rings. The molecule has 10 heteroatoms. The van der Waals surface area contributed by atoms with Crippen LogP contribution in [0.2, 0.25) is 0 Å². The minimum Gasteiger partial charge on any atom is -0.465 e. The molecule has 0 bridgehead atoms. The number of nitrogens with zero attached hydrogens (tertiary/aromatic N) is 5. The highest BCUT2D eigenvalue weighted by Gasteiger charge is 2.56. The highest BCUT2D eigenvalue weighted by molar-refractivity contribution is 5.76. The zero-order valence-electron chi connectivity index (χ0n) is 21.3. The van der Waals surface area contributed by atoms with Gasteiger partial charge in [-0.2, -0.15) is 0 Å². The van der Waals surface area contributed by atoms with E-state index in [9.17, 15) is 24.6 Å². The van der Waals surface area contributed by atoms with Crippen molar-refractivity contribution in [1.29, 1.82) is 0 Å². The number of likely N-dealkylation sites (tertiary alicyclic amines) is 1. The summed E-state index contributed by atoms with van der Waals surface area (Å²) in [5.41, 5.74) is -0.273. The molecule has 2 N–H and O–H groups in total. The maximum absolute atomic E-state index is 14.0. The first-order chi connectivity index (χ1) is 17.7. The normalized spacial score (nSPS) is 25.5. The second-order valence-corrected chi connectivity index (χ2v) is 10.8. The van der Waals surface area contributed by atoms with Crippen LogP contribution in [0.3, 0.4) is 0 Å². The number of carbonyl (C=O) groups excluding carboxylic acids is 1. The number of hydrogen-bond acceptors (Lipinski definition) is 5. The summed E-state index contributed by atoms with van der Waals surface area (Å²) in [6.45, 7) is 3.49. The zero-order valence-corrected chi connectivity index (χ0v) is 21.3. The summed E-state index contributed by atoms with van der Waals surface area (Å²) in [6, 6.07) is 10.5. The van der Waals surface area contributed by atoms with Crippen LogP contribution in [0.4, 0.5) is 9.59 Å². The Kier molecular flexibility index (Phi) is 6.70. The SMILES string of the molecule is Cc1cc(=O)n(C[C@]2(O)CCN(C(=O)N3CCN(C(=O)O)C[C@H]3c3ccccc3)CC23CCCC3)cn1. The van der Waals surface area contributed by atoms with Gasteiger partial charge < -0.3 is 24.9 Å². The second-order valence-electron chi connectivity index (χ2n) is 10.8. The lowest BCUT2D eigenvalue weighted by atomic mass is 9.66. The largest absolute Gasteiger partial charge is 0.465 e. The number of hydrogen-bond donors (Lipinski definition) is 2. The average Bonchev–Trinajstić information content (AvgIpc) is 3.37. The predicted octanol–water partition coefficient (Wildman–Crippen LogP) is 2.71. The third-order valence-electron chi connectivity index (χ3n) is 8.64. The number of amides is 3. The fourth-order valence-electron chi connectivity index (χ4n) is 6.51. The van der Waals surface area contributed by atoms with Gasteiger partial charge in [0, 0.05) is 49.9 Å². The van der Waals surface area contributed by atoms with Gasteiger partial charge in [-0.1, -0.05) is 43.2 Å². The van der Waals surface area contributed by atoms with Crippen molar-refractivity contribution in [3.8, 4) is 0 Å². The lowest BCUT2D eigenvalue weighted by Gasteiger charge is -2.53. The molecular formula is C27H35N5O5. The van der Waals surface area contributed by atoms with E-state index >= 15 is 0 Å². The predicted molar refractivity (Wildman–Crippen MR) is 136 cm³/mol. The van der Waals surface area contributed by atoms with E-state index in [0.29, 0.717) is 31.7 Å². The number of carboxylic acid groups (broad SMARTS) is 1. The lowest BCUT2D eigenvalue weighted by molar-refractivity contribution is -0.137. The van der Waals surface area contributed by atoms with Crippen LogP contribution in [0.5, 0.6) is 0 Å². The Balaban J connectivity index is 1.39. The Morgan fingerprint density at radius 3 is 2.46 bits per heavy atom. The third-order valence-corrected chi connectivity index (χ3v) is 8.64. The number of carbonyl (C=O) groups is 2. The molecule has 3 heterocycles. The highest BCUT2D eigenvalue weighted by Crippen LogP contribution is 2.51. The number of benzene rings is 1. The van der Waals surface area contributed by atoms with Gasteiger partial charge in [0.1, 0.15) is 0 Å². The summed E-state index contributed by atoms with van der Waals surface area (Å²) in [7, 11) is 0. The number of piperazine rings is 1. The van der Waals surface area contributed by atoms with Crippen LogP contribution in [-0.2, 0) is 6.54 Å². The van der Waals surface area contributed by atoms with Crippen molar-refractivity contribution in [3.05, 3.63) is 64.3 Å². The number of aromatic nitrogens is 2. The van der Waals surface area contributed by atoms with E-state index in [1.165, 1.54) is 21.9 Å². The molecule has 3 fully saturated rings. The second kappa shape index (κ2) is 9.81. The summed E-state index contributed by atoms with van der Waals surface area (Å²) < 4.78 is 1.49. The summed E-state index contributed by atoms with van der Waals surface area (Å²) in [5, 5.41) is 21.6. The van der Waals surface area contributed by atoms with E-state index in [0.717, 1.165) is 31.2 Å². The zero-order chi connectivity index (χ0) is 26.2. The van der Waals surface area contributed by atoms with Gasteiger partial charge in [0.2, 0.25) is 0 Å². The van der Waals surface area contributed by atoms with Gasteiger partial charge in [-0.25, -0.2) is 14.6 Å². The van der Waals surface area contributed by atoms with Crippen LogP contribution in [0.1, 0.15) is 49.4 Å². The van der Waals surface area contributed by atoms with Gasteiger partial charge in [0.25, 0.3) is 5.56 Å². The Morgan fingerprint density at radius 2 is 1.78 bits per heavy atom. The summed E-state index contributed by atoms with van der Waals surface area (Å²) in [4.78, 5) is 47.5. The van der Waals surface area contributed by atoms with E-state index < -0.39 is 17.1 Å². The van der Waals surface area contributed by atoms with E-state index in [1.54, 1.807) is 11.8 Å². The Morgan fingerprint density at radius 1 is 1.05 bits per heavy atom. The third kappa shape index (κ3) is 4.70. The molecule has 1 aromatic carbocycles. The fraction of sp³-hybridized carbons (Fsp3) is 0.556. The van der Waals surface area contributed by atoms with Gasteiger partial charge in [-0.05, 0) is 31.7 Å². The molecule has 3 amide bonds. The Labute approximate surface area is 216 Å². The Hall–Kier alpha value is -3.40. The minimum absolute atomic E-state index is 0.124. The first-order valence-electron chi connectivity index (χ1n) is 13.1. The monoisotopic (exact) mass is 509 g/mol. The molecule has 0 unspecified atom stereocenters. The van der Waals surface area contributed by atoms with Crippen LogP contribution >= 0.6 is 0 Å². The molecule has 1 aromatic heterocycles. The summed E-state index contributed by atoms with van der Waals surface area (Å²) in [5.74, 6) is 0. The van der Waals surface area contributed by atoms with Crippen molar-refractivity contribution in [2.75, 3.05) is 32.7 Å². The van der Waals surface area contributed by atoms with Crippen molar-refractivity contribution < 1.29 is 19.8 Å². The standard InChI is InChI=1S/C27H35N5O5/c1-20-15-23(33)31(19-28-20)18-27(37)11-12-30(17-26(27)9-5-6-10-26)24(34)32-14-13-29(25(35)36)16-22(32)21-7-3-2-4-8-21/h2-4,7-8,15,19,22,37H,5-6,9-14,16-18H2,1H3,(H,35,36)/t22-,27+/m0/s1.